The van der Waals surface area contributed by atoms with Crippen molar-refractivity contribution in [1.29, 1.82) is 0 Å². The van der Waals surface area contributed by atoms with E-state index in [2.05, 4.69) is 36.7 Å². The van der Waals surface area contributed by atoms with Crippen LogP contribution in [0.4, 0.5) is 6.01 Å². The molecule has 0 unspecified atom stereocenters. The van der Waals surface area contributed by atoms with E-state index in [1.807, 2.05) is 48.8 Å². The minimum absolute atomic E-state index is 0.448. The minimum Gasteiger partial charge on any atom is -0.423 e. The van der Waals surface area contributed by atoms with Crippen molar-refractivity contribution in [2.45, 2.75) is 25.3 Å². The van der Waals surface area contributed by atoms with Gasteiger partial charge in [0, 0.05) is 37.6 Å². The number of benzene rings is 1. The summed E-state index contributed by atoms with van der Waals surface area (Å²) >= 11 is 0. The first-order valence-corrected chi connectivity index (χ1v) is 9.38. The maximum absolute atomic E-state index is 5.92. The van der Waals surface area contributed by atoms with Crippen LogP contribution in [0.25, 0.3) is 11.1 Å². The normalized spacial score (nSPS) is 15.5. The highest BCUT2D eigenvalue weighted by molar-refractivity contribution is 5.74. The first-order valence-electron chi connectivity index (χ1n) is 9.38. The van der Waals surface area contributed by atoms with Gasteiger partial charge < -0.3 is 13.9 Å². The third kappa shape index (κ3) is 3.18. The number of hydrogen-bond donors (Lipinski definition) is 0. The summed E-state index contributed by atoms with van der Waals surface area (Å²) in [5, 5.41) is 0. The van der Waals surface area contributed by atoms with E-state index in [9.17, 15) is 0 Å². The molecule has 1 saturated heterocycles. The van der Waals surface area contributed by atoms with E-state index >= 15 is 0 Å². The Kier molecular flexibility index (Phi) is 4.08. The van der Waals surface area contributed by atoms with Crippen molar-refractivity contribution in [3.63, 3.8) is 0 Å². The molecule has 6 heteroatoms. The van der Waals surface area contributed by atoms with Crippen LogP contribution in [0.3, 0.4) is 0 Å². The number of aromatic nitrogens is 4. The van der Waals surface area contributed by atoms with Gasteiger partial charge in [-0.3, -0.25) is 4.98 Å². The summed E-state index contributed by atoms with van der Waals surface area (Å²) in [5.41, 5.74) is 2.82. The number of oxazole rings is 1. The Hall–Kier alpha value is -3.15. The van der Waals surface area contributed by atoms with Gasteiger partial charge in [-0.2, -0.15) is 4.98 Å². The van der Waals surface area contributed by atoms with E-state index in [0.29, 0.717) is 5.92 Å². The molecule has 1 aliphatic heterocycles. The Bertz CT molecular complexity index is 998. The van der Waals surface area contributed by atoms with Crippen LogP contribution in [-0.4, -0.2) is 32.6 Å². The van der Waals surface area contributed by atoms with Gasteiger partial charge in [0.15, 0.2) is 5.58 Å². The number of rotatable bonds is 4. The molecule has 1 aromatic carbocycles. The Labute approximate surface area is 157 Å². The molecule has 1 fully saturated rings. The van der Waals surface area contributed by atoms with Crippen LogP contribution in [0.15, 0.2) is 65.5 Å². The molecule has 3 aromatic heterocycles. The Morgan fingerprint density at radius 2 is 1.81 bits per heavy atom. The second-order valence-electron chi connectivity index (χ2n) is 6.96. The average molecular weight is 359 g/mol. The zero-order valence-corrected chi connectivity index (χ0v) is 15.0. The van der Waals surface area contributed by atoms with Gasteiger partial charge in [0.05, 0.1) is 12.2 Å². The van der Waals surface area contributed by atoms with Crippen molar-refractivity contribution in [3.8, 4) is 0 Å². The summed E-state index contributed by atoms with van der Waals surface area (Å²) in [6.45, 7) is 2.61. The van der Waals surface area contributed by atoms with Gasteiger partial charge in [-0.15, -0.1) is 0 Å². The summed E-state index contributed by atoms with van der Waals surface area (Å²) in [7, 11) is 0. The van der Waals surface area contributed by atoms with Crippen molar-refractivity contribution in [3.05, 3.63) is 72.6 Å². The molecule has 0 saturated carbocycles. The van der Waals surface area contributed by atoms with Gasteiger partial charge in [-0.05, 0) is 37.1 Å². The molecule has 0 radical (unpaired) electrons. The molecule has 1 aliphatic rings. The van der Waals surface area contributed by atoms with Crippen LogP contribution in [0.1, 0.15) is 30.3 Å². The topological polar surface area (TPSA) is 60.0 Å². The lowest BCUT2D eigenvalue weighted by molar-refractivity contribution is 0.444. The summed E-state index contributed by atoms with van der Waals surface area (Å²) in [5.74, 6) is 1.60. The molecule has 0 bridgehead atoms. The quantitative estimate of drug-likeness (QED) is 0.554. The van der Waals surface area contributed by atoms with Crippen LogP contribution in [-0.2, 0) is 6.54 Å². The van der Waals surface area contributed by atoms with Crippen LogP contribution in [0.5, 0.6) is 0 Å². The number of piperidine rings is 1. The van der Waals surface area contributed by atoms with Crippen LogP contribution < -0.4 is 4.90 Å². The van der Waals surface area contributed by atoms with E-state index < -0.39 is 0 Å². The predicted molar refractivity (Wildman–Crippen MR) is 104 cm³/mol. The highest BCUT2D eigenvalue weighted by atomic mass is 16.4. The number of anilines is 1. The van der Waals surface area contributed by atoms with Gasteiger partial charge >= 0.3 is 0 Å². The summed E-state index contributed by atoms with van der Waals surface area (Å²) in [4.78, 5) is 15.9. The SMILES string of the molecule is c1ccc(Cn2ccnc2C2CCN(c3nc4ccccc4o3)CC2)nc1. The summed E-state index contributed by atoms with van der Waals surface area (Å²) in [6.07, 6.45) is 7.86. The Morgan fingerprint density at radius 1 is 0.963 bits per heavy atom. The summed E-state index contributed by atoms with van der Waals surface area (Å²) in [6, 6.07) is 14.7. The van der Waals surface area contributed by atoms with Crippen molar-refractivity contribution in [1.82, 2.24) is 19.5 Å². The van der Waals surface area contributed by atoms with Crippen molar-refractivity contribution in [2.75, 3.05) is 18.0 Å². The monoisotopic (exact) mass is 359 g/mol. The van der Waals surface area contributed by atoms with Crippen LogP contribution in [0, 0.1) is 0 Å². The molecule has 0 atom stereocenters. The molecule has 0 N–H and O–H groups in total. The molecule has 0 aliphatic carbocycles. The van der Waals surface area contributed by atoms with E-state index in [-0.39, 0.29) is 0 Å². The van der Waals surface area contributed by atoms with Gasteiger partial charge in [0.25, 0.3) is 6.01 Å². The molecule has 136 valence electrons. The third-order valence-corrected chi connectivity index (χ3v) is 5.22. The molecule has 27 heavy (non-hydrogen) atoms. The Balaban J connectivity index is 1.29. The molecular formula is C21H21N5O. The number of hydrogen-bond acceptors (Lipinski definition) is 5. The largest absolute Gasteiger partial charge is 0.423 e. The molecule has 5 rings (SSSR count). The van der Waals surface area contributed by atoms with Gasteiger partial charge in [-0.25, -0.2) is 4.98 Å². The zero-order chi connectivity index (χ0) is 18.1. The van der Waals surface area contributed by atoms with Crippen LogP contribution in [0.2, 0.25) is 0 Å². The molecular weight excluding hydrogens is 338 g/mol. The predicted octanol–water partition coefficient (Wildman–Crippen LogP) is 3.85. The van der Waals surface area contributed by atoms with Crippen LogP contribution >= 0.6 is 0 Å². The van der Waals surface area contributed by atoms with E-state index in [4.69, 9.17) is 4.42 Å². The van der Waals surface area contributed by atoms with E-state index in [1.165, 1.54) is 0 Å². The Morgan fingerprint density at radius 3 is 2.63 bits per heavy atom. The van der Waals surface area contributed by atoms with E-state index in [1.54, 1.807) is 0 Å². The third-order valence-electron chi connectivity index (χ3n) is 5.22. The molecule has 4 aromatic rings. The minimum atomic E-state index is 0.448. The van der Waals surface area contributed by atoms with Crippen molar-refractivity contribution < 1.29 is 4.42 Å². The lowest BCUT2D eigenvalue weighted by atomic mass is 9.96. The highest BCUT2D eigenvalue weighted by Crippen LogP contribution is 2.31. The second kappa shape index (κ2) is 6.87. The average Bonchev–Trinajstić information content (AvgIpc) is 3.36. The van der Waals surface area contributed by atoms with Gasteiger partial charge in [0.2, 0.25) is 0 Å². The fourth-order valence-electron chi connectivity index (χ4n) is 3.80. The second-order valence-corrected chi connectivity index (χ2v) is 6.96. The smallest absolute Gasteiger partial charge is 0.298 e. The molecule has 4 heterocycles. The highest BCUT2D eigenvalue weighted by Gasteiger charge is 2.26. The first kappa shape index (κ1) is 16.1. The maximum Gasteiger partial charge on any atom is 0.298 e. The number of nitrogens with zero attached hydrogens (tertiary/aromatic N) is 5. The first-order chi connectivity index (χ1) is 13.4. The number of fused-ring (bicyclic) bond motifs is 1. The van der Waals surface area contributed by atoms with E-state index in [0.717, 1.165) is 61.1 Å². The van der Waals surface area contributed by atoms with Crippen molar-refractivity contribution in [2.24, 2.45) is 0 Å². The fraction of sp³-hybridized carbons (Fsp3) is 0.286. The lowest BCUT2D eigenvalue weighted by Crippen LogP contribution is -2.33. The maximum atomic E-state index is 5.92. The number of para-hydroxylation sites is 2. The molecule has 6 nitrogen and oxygen atoms in total. The lowest BCUT2D eigenvalue weighted by Gasteiger charge is -2.30. The fourth-order valence-corrected chi connectivity index (χ4v) is 3.80. The number of imidazole rings is 1. The summed E-state index contributed by atoms with van der Waals surface area (Å²) < 4.78 is 8.15. The standard InChI is InChI=1S/C21H21N5O/c1-2-7-19-18(6-1)24-21(27-19)25-12-8-16(9-13-25)20-23-11-14-26(20)15-17-5-3-4-10-22-17/h1-7,10-11,14,16H,8-9,12-13,15H2. The van der Waals surface area contributed by atoms with Crippen molar-refractivity contribution >= 4 is 17.1 Å². The van der Waals surface area contributed by atoms with Gasteiger partial charge in [-0.1, -0.05) is 18.2 Å². The molecule has 0 amide bonds. The number of pyridine rings is 1. The zero-order valence-electron chi connectivity index (χ0n) is 15.0. The van der Waals surface area contributed by atoms with Gasteiger partial charge in [0.1, 0.15) is 11.3 Å². The molecule has 0 spiro atoms.